The van der Waals surface area contributed by atoms with Crippen LogP contribution in [0.2, 0.25) is 5.28 Å². The summed E-state index contributed by atoms with van der Waals surface area (Å²) in [6.07, 6.45) is 0. The Morgan fingerprint density at radius 3 is 2.09 bits per heavy atom. The largest absolute Gasteiger partial charge is 0.239 e. The molecule has 1 aromatic rings. The fourth-order valence-electron chi connectivity index (χ4n) is 0.683. The Labute approximate surface area is 71.4 Å². The van der Waals surface area contributed by atoms with Gasteiger partial charge in [-0.3, -0.25) is 0 Å². The molecule has 0 aliphatic carbocycles. The van der Waals surface area contributed by atoms with Crippen molar-refractivity contribution in [3.05, 3.63) is 11.1 Å². The van der Waals surface area contributed by atoms with Crippen molar-refractivity contribution in [2.24, 2.45) is 7.05 Å². The first-order valence-corrected chi connectivity index (χ1v) is 3.86. The highest BCUT2D eigenvalue weighted by atomic mass is 35.5. The third kappa shape index (κ3) is 1.71. The van der Waals surface area contributed by atoms with E-state index in [1.54, 1.807) is 11.7 Å². The second kappa shape index (κ2) is 2.48. The predicted octanol–water partition coefficient (Wildman–Crippen LogP) is 1.77. The number of hydrogen-bond donors (Lipinski definition) is 0. The lowest BCUT2D eigenvalue weighted by Gasteiger charge is -2.11. The summed E-state index contributed by atoms with van der Waals surface area (Å²) in [5, 5.41) is 4.59. The van der Waals surface area contributed by atoms with Crippen LogP contribution in [0.1, 0.15) is 26.6 Å². The fraction of sp³-hybridized carbons (Fsp3) is 0.714. The van der Waals surface area contributed by atoms with Gasteiger partial charge in [-0.15, -0.1) is 0 Å². The average molecular weight is 174 g/mol. The molecule has 0 unspecified atom stereocenters. The van der Waals surface area contributed by atoms with Crippen molar-refractivity contribution in [3.63, 3.8) is 0 Å². The lowest BCUT2D eigenvalue weighted by Crippen LogP contribution is -2.13. The van der Waals surface area contributed by atoms with E-state index < -0.39 is 0 Å². The summed E-state index contributed by atoms with van der Waals surface area (Å²) in [5.74, 6) is 0.782. The SMILES string of the molecule is Cn1nc(C(C)(C)C)nc1Cl. The molecule has 62 valence electrons. The fourth-order valence-corrected chi connectivity index (χ4v) is 0.801. The van der Waals surface area contributed by atoms with Gasteiger partial charge in [0, 0.05) is 12.5 Å². The van der Waals surface area contributed by atoms with Gasteiger partial charge in [-0.2, -0.15) is 5.10 Å². The molecule has 0 saturated carbocycles. The number of aryl methyl sites for hydroxylation is 1. The third-order valence-corrected chi connectivity index (χ3v) is 1.71. The van der Waals surface area contributed by atoms with E-state index in [-0.39, 0.29) is 5.41 Å². The standard InChI is InChI=1S/C7H12ClN3/c1-7(2,3)5-9-6(8)11(4)10-5/h1-4H3. The third-order valence-electron chi connectivity index (χ3n) is 1.38. The summed E-state index contributed by atoms with van der Waals surface area (Å²) < 4.78 is 1.57. The molecule has 0 aromatic carbocycles. The molecule has 11 heavy (non-hydrogen) atoms. The van der Waals surface area contributed by atoms with Gasteiger partial charge in [0.25, 0.3) is 0 Å². The van der Waals surface area contributed by atoms with Gasteiger partial charge in [-0.1, -0.05) is 20.8 Å². The summed E-state index contributed by atoms with van der Waals surface area (Å²) in [7, 11) is 1.78. The Hall–Kier alpha value is -0.570. The van der Waals surface area contributed by atoms with E-state index in [1.165, 1.54) is 0 Å². The molecule has 0 aliphatic heterocycles. The van der Waals surface area contributed by atoms with Crippen LogP contribution >= 0.6 is 11.6 Å². The van der Waals surface area contributed by atoms with Crippen LogP contribution in [0.3, 0.4) is 0 Å². The lowest BCUT2D eigenvalue weighted by atomic mass is 9.96. The van der Waals surface area contributed by atoms with Gasteiger partial charge in [0.15, 0.2) is 5.82 Å². The molecule has 1 heterocycles. The van der Waals surface area contributed by atoms with Crippen molar-refractivity contribution in [3.8, 4) is 0 Å². The van der Waals surface area contributed by atoms with E-state index in [9.17, 15) is 0 Å². The van der Waals surface area contributed by atoms with Crippen molar-refractivity contribution >= 4 is 11.6 Å². The zero-order chi connectivity index (χ0) is 8.65. The number of aromatic nitrogens is 3. The molecule has 0 aliphatic rings. The summed E-state index contributed by atoms with van der Waals surface area (Å²) in [5.41, 5.74) is -0.0229. The zero-order valence-electron chi connectivity index (χ0n) is 7.22. The Morgan fingerprint density at radius 2 is 1.91 bits per heavy atom. The molecule has 0 bridgehead atoms. The van der Waals surface area contributed by atoms with Crippen LogP contribution < -0.4 is 0 Å². The van der Waals surface area contributed by atoms with Gasteiger partial charge in [0.2, 0.25) is 5.28 Å². The van der Waals surface area contributed by atoms with Crippen LogP contribution in [0.15, 0.2) is 0 Å². The minimum absolute atomic E-state index is 0.0229. The number of hydrogen-bond acceptors (Lipinski definition) is 2. The van der Waals surface area contributed by atoms with Crippen LogP contribution in [0, 0.1) is 0 Å². The van der Waals surface area contributed by atoms with Crippen molar-refractivity contribution in [1.82, 2.24) is 14.8 Å². The molecule has 1 aromatic heterocycles. The highest BCUT2D eigenvalue weighted by Crippen LogP contribution is 2.19. The Balaban J connectivity index is 3.08. The summed E-state index contributed by atoms with van der Waals surface area (Å²) in [4.78, 5) is 4.10. The summed E-state index contributed by atoms with van der Waals surface area (Å²) >= 11 is 5.72. The van der Waals surface area contributed by atoms with E-state index in [0.717, 1.165) is 5.82 Å². The van der Waals surface area contributed by atoms with Gasteiger partial charge in [0.1, 0.15) is 0 Å². The topological polar surface area (TPSA) is 30.7 Å². The maximum absolute atomic E-state index is 5.72. The molecule has 0 atom stereocenters. The minimum atomic E-state index is -0.0229. The Morgan fingerprint density at radius 1 is 1.36 bits per heavy atom. The molecule has 0 amide bonds. The van der Waals surface area contributed by atoms with Gasteiger partial charge < -0.3 is 0 Å². The van der Waals surface area contributed by atoms with E-state index >= 15 is 0 Å². The maximum atomic E-state index is 5.72. The molecular formula is C7H12ClN3. The summed E-state index contributed by atoms with van der Waals surface area (Å²) in [6.45, 7) is 6.16. The molecule has 3 nitrogen and oxygen atoms in total. The number of rotatable bonds is 0. The molecule has 0 radical (unpaired) electrons. The molecule has 4 heteroatoms. The van der Waals surface area contributed by atoms with Crippen LogP contribution in [0.4, 0.5) is 0 Å². The first kappa shape index (κ1) is 8.53. The molecular weight excluding hydrogens is 162 g/mol. The van der Waals surface area contributed by atoms with Crippen LogP contribution in [-0.4, -0.2) is 14.8 Å². The highest BCUT2D eigenvalue weighted by Gasteiger charge is 2.19. The number of halogens is 1. The monoisotopic (exact) mass is 173 g/mol. The molecule has 0 saturated heterocycles. The molecule has 1 rings (SSSR count). The van der Waals surface area contributed by atoms with E-state index in [2.05, 4.69) is 30.9 Å². The molecule has 0 spiro atoms. The smallest absolute Gasteiger partial charge is 0.220 e. The minimum Gasteiger partial charge on any atom is -0.239 e. The first-order valence-electron chi connectivity index (χ1n) is 3.48. The van der Waals surface area contributed by atoms with Gasteiger partial charge >= 0.3 is 0 Å². The number of nitrogens with zero attached hydrogens (tertiary/aromatic N) is 3. The van der Waals surface area contributed by atoms with Gasteiger partial charge in [-0.05, 0) is 11.6 Å². The van der Waals surface area contributed by atoms with Crippen LogP contribution in [-0.2, 0) is 12.5 Å². The quantitative estimate of drug-likeness (QED) is 0.599. The van der Waals surface area contributed by atoms with Gasteiger partial charge in [0.05, 0.1) is 0 Å². The molecule has 0 fully saturated rings. The van der Waals surface area contributed by atoms with E-state index in [0.29, 0.717) is 5.28 Å². The molecule has 0 N–H and O–H groups in total. The van der Waals surface area contributed by atoms with Crippen LogP contribution in [0.25, 0.3) is 0 Å². The van der Waals surface area contributed by atoms with E-state index in [1.807, 2.05) is 0 Å². The average Bonchev–Trinajstić information content (AvgIpc) is 2.11. The zero-order valence-corrected chi connectivity index (χ0v) is 7.98. The highest BCUT2D eigenvalue weighted by molar-refractivity contribution is 6.28. The summed E-state index contributed by atoms with van der Waals surface area (Å²) in [6, 6.07) is 0. The predicted molar refractivity (Wildman–Crippen MR) is 44.7 cm³/mol. The van der Waals surface area contributed by atoms with Crippen molar-refractivity contribution < 1.29 is 0 Å². The van der Waals surface area contributed by atoms with Crippen molar-refractivity contribution in [2.75, 3.05) is 0 Å². The Bertz CT molecular complexity index is 240. The van der Waals surface area contributed by atoms with Crippen molar-refractivity contribution in [2.45, 2.75) is 26.2 Å². The lowest BCUT2D eigenvalue weighted by molar-refractivity contribution is 0.538. The van der Waals surface area contributed by atoms with Crippen LogP contribution in [0.5, 0.6) is 0 Å². The van der Waals surface area contributed by atoms with E-state index in [4.69, 9.17) is 11.6 Å². The second-order valence-electron chi connectivity index (χ2n) is 3.58. The maximum Gasteiger partial charge on any atom is 0.220 e. The van der Waals surface area contributed by atoms with Gasteiger partial charge in [-0.25, -0.2) is 9.67 Å². The Kier molecular flexibility index (Phi) is 1.92. The van der Waals surface area contributed by atoms with Crippen molar-refractivity contribution in [1.29, 1.82) is 0 Å². The first-order chi connectivity index (χ1) is 4.91. The second-order valence-corrected chi connectivity index (χ2v) is 3.92. The normalized spacial score (nSPS) is 12.1.